The summed E-state index contributed by atoms with van der Waals surface area (Å²) in [6, 6.07) is -0.380. The first-order chi connectivity index (χ1) is 9.51. The van der Waals surface area contributed by atoms with Gasteiger partial charge < -0.3 is 24.7 Å². The zero-order valence-corrected chi connectivity index (χ0v) is 11.7. The number of aliphatic hydroxyl groups excluding tert-OH is 1. The van der Waals surface area contributed by atoms with Crippen molar-refractivity contribution in [3.63, 3.8) is 0 Å². The number of carboxylic acids is 1. The van der Waals surface area contributed by atoms with Crippen LogP contribution in [0, 0.1) is 5.92 Å². The van der Waals surface area contributed by atoms with Gasteiger partial charge in [0.25, 0.3) is 0 Å². The van der Waals surface area contributed by atoms with Crippen molar-refractivity contribution in [3.8, 4) is 0 Å². The number of ether oxygens (including phenoxy) is 1. The highest BCUT2D eigenvalue weighted by molar-refractivity contribution is 5.80. The van der Waals surface area contributed by atoms with Gasteiger partial charge in [0, 0.05) is 6.54 Å². The Bertz CT molecular complexity index is 372. The van der Waals surface area contributed by atoms with E-state index in [0.717, 1.165) is 12.8 Å². The number of hydrogen-bond donors (Lipinski definition) is 2. The molecule has 2 rings (SSSR count). The molecule has 2 unspecified atom stereocenters. The van der Waals surface area contributed by atoms with E-state index in [2.05, 4.69) is 0 Å². The number of morpholine rings is 1. The molecule has 0 aromatic rings. The van der Waals surface area contributed by atoms with Gasteiger partial charge in [0.05, 0.1) is 31.9 Å². The number of nitrogens with zero attached hydrogens (tertiary/aromatic N) is 2. The predicted octanol–water partition coefficient (Wildman–Crippen LogP) is -0.0154. The van der Waals surface area contributed by atoms with Crippen molar-refractivity contribution < 1.29 is 24.5 Å². The highest BCUT2D eigenvalue weighted by atomic mass is 16.5. The van der Waals surface area contributed by atoms with Crippen molar-refractivity contribution in [1.82, 2.24) is 9.80 Å². The Balaban J connectivity index is 2.01. The SMILES string of the molecule is CC1COC(CO)CN1C(=O)N(CC(=O)O)CC1CC1. The molecule has 0 aromatic carbocycles. The molecule has 0 bridgehead atoms. The second-order valence-corrected chi connectivity index (χ2v) is 5.64. The van der Waals surface area contributed by atoms with Crippen LogP contribution in [-0.2, 0) is 9.53 Å². The molecule has 1 heterocycles. The second kappa shape index (κ2) is 6.41. The number of aliphatic carboxylic acids is 1. The third-order valence-electron chi connectivity index (χ3n) is 3.73. The Morgan fingerprint density at radius 1 is 1.40 bits per heavy atom. The van der Waals surface area contributed by atoms with E-state index in [4.69, 9.17) is 14.9 Å². The molecule has 0 radical (unpaired) electrons. The average Bonchev–Trinajstić information content (AvgIpc) is 3.21. The maximum absolute atomic E-state index is 12.5. The lowest BCUT2D eigenvalue weighted by Gasteiger charge is -2.40. The van der Waals surface area contributed by atoms with Gasteiger partial charge in [-0.05, 0) is 25.7 Å². The van der Waals surface area contributed by atoms with Crippen molar-refractivity contribution >= 4 is 12.0 Å². The number of carboxylic acid groups (broad SMARTS) is 1. The molecule has 2 atom stereocenters. The van der Waals surface area contributed by atoms with Crippen LogP contribution in [0.3, 0.4) is 0 Å². The van der Waals surface area contributed by atoms with Gasteiger partial charge in [-0.2, -0.15) is 0 Å². The Kier molecular flexibility index (Phi) is 4.82. The lowest BCUT2D eigenvalue weighted by Crippen LogP contribution is -2.56. The Labute approximate surface area is 118 Å². The fraction of sp³-hybridized carbons (Fsp3) is 0.846. The average molecular weight is 286 g/mol. The minimum absolute atomic E-state index is 0.110. The summed E-state index contributed by atoms with van der Waals surface area (Å²) in [6.07, 6.45) is 1.73. The van der Waals surface area contributed by atoms with Crippen LogP contribution in [0.5, 0.6) is 0 Å². The normalized spacial score (nSPS) is 26.4. The highest BCUT2D eigenvalue weighted by Gasteiger charge is 2.35. The molecule has 20 heavy (non-hydrogen) atoms. The van der Waals surface area contributed by atoms with Gasteiger partial charge >= 0.3 is 12.0 Å². The van der Waals surface area contributed by atoms with E-state index >= 15 is 0 Å². The lowest BCUT2D eigenvalue weighted by molar-refractivity contribution is -0.138. The Hall–Kier alpha value is -1.34. The molecule has 2 N–H and O–H groups in total. The first-order valence-electron chi connectivity index (χ1n) is 7.01. The standard InChI is InChI=1S/C13H22N2O5/c1-9-8-20-11(7-16)5-15(9)13(19)14(6-12(17)18)4-10-2-3-10/h9-11,16H,2-8H2,1H3,(H,17,18). The van der Waals surface area contributed by atoms with E-state index in [9.17, 15) is 9.59 Å². The summed E-state index contributed by atoms with van der Waals surface area (Å²) in [5.74, 6) is -0.568. The molecule has 2 aliphatic rings. The smallest absolute Gasteiger partial charge is 0.323 e. The number of carbonyl (C=O) groups is 2. The Morgan fingerprint density at radius 2 is 2.10 bits per heavy atom. The summed E-state index contributed by atoms with van der Waals surface area (Å²) in [5, 5.41) is 18.1. The molecule has 1 aliphatic carbocycles. The van der Waals surface area contributed by atoms with Crippen LogP contribution in [0.1, 0.15) is 19.8 Å². The van der Waals surface area contributed by atoms with Gasteiger partial charge in [-0.15, -0.1) is 0 Å². The second-order valence-electron chi connectivity index (χ2n) is 5.64. The summed E-state index contributed by atoms with van der Waals surface area (Å²) >= 11 is 0. The molecule has 0 spiro atoms. The first-order valence-corrected chi connectivity index (χ1v) is 7.01. The molecule has 1 aliphatic heterocycles. The molecular formula is C13H22N2O5. The van der Waals surface area contributed by atoms with Crippen LogP contribution in [0.15, 0.2) is 0 Å². The summed E-state index contributed by atoms with van der Waals surface area (Å²) in [7, 11) is 0. The predicted molar refractivity (Wildman–Crippen MR) is 70.3 cm³/mol. The van der Waals surface area contributed by atoms with Crippen LogP contribution < -0.4 is 0 Å². The first kappa shape index (κ1) is 15.1. The van der Waals surface area contributed by atoms with Gasteiger partial charge in [-0.1, -0.05) is 0 Å². The summed E-state index contributed by atoms with van der Waals surface area (Å²) in [6.45, 7) is 2.61. The van der Waals surface area contributed by atoms with E-state index in [-0.39, 0.29) is 31.3 Å². The van der Waals surface area contributed by atoms with E-state index in [1.807, 2.05) is 6.92 Å². The number of amides is 2. The van der Waals surface area contributed by atoms with E-state index in [0.29, 0.717) is 25.6 Å². The summed E-state index contributed by atoms with van der Waals surface area (Å²) < 4.78 is 5.40. The van der Waals surface area contributed by atoms with Crippen molar-refractivity contribution in [2.45, 2.75) is 31.9 Å². The zero-order chi connectivity index (χ0) is 14.7. The molecule has 0 aromatic heterocycles. The summed E-state index contributed by atoms with van der Waals surface area (Å²) in [5.41, 5.74) is 0. The minimum Gasteiger partial charge on any atom is -0.480 e. The molecule has 2 amide bonds. The maximum atomic E-state index is 12.5. The molecule has 1 saturated carbocycles. The minimum atomic E-state index is -1.00. The molecule has 1 saturated heterocycles. The van der Waals surface area contributed by atoms with Crippen LogP contribution >= 0.6 is 0 Å². The van der Waals surface area contributed by atoms with Crippen molar-refractivity contribution in [2.24, 2.45) is 5.92 Å². The highest BCUT2D eigenvalue weighted by Crippen LogP contribution is 2.30. The third kappa shape index (κ3) is 3.83. The van der Waals surface area contributed by atoms with Crippen LogP contribution in [0.4, 0.5) is 4.79 Å². The van der Waals surface area contributed by atoms with E-state index in [1.165, 1.54) is 4.90 Å². The van der Waals surface area contributed by atoms with Crippen LogP contribution in [-0.4, -0.2) is 77.0 Å². The van der Waals surface area contributed by atoms with Gasteiger partial charge in [0.15, 0.2) is 0 Å². The number of hydrogen-bond acceptors (Lipinski definition) is 4. The van der Waals surface area contributed by atoms with Crippen LogP contribution in [0.25, 0.3) is 0 Å². The number of aliphatic hydroxyl groups is 1. The largest absolute Gasteiger partial charge is 0.480 e. The lowest BCUT2D eigenvalue weighted by atomic mass is 10.2. The van der Waals surface area contributed by atoms with Gasteiger partial charge in [-0.3, -0.25) is 4.79 Å². The number of carbonyl (C=O) groups excluding carboxylic acids is 1. The number of rotatable bonds is 5. The third-order valence-corrected chi connectivity index (χ3v) is 3.73. The molecule has 114 valence electrons. The fourth-order valence-corrected chi connectivity index (χ4v) is 2.36. The molecule has 7 heteroatoms. The van der Waals surface area contributed by atoms with Gasteiger partial charge in [-0.25, -0.2) is 4.79 Å². The summed E-state index contributed by atoms with van der Waals surface area (Å²) in [4.78, 5) is 26.4. The number of urea groups is 1. The van der Waals surface area contributed by atoms with E-state index in [1.54, 1.807) is 4.90 Å². The fourth-order valence-electron chi connectivity index (χ4n) is 2.36. The van der Waals surface area contributed by atoms with E-state index < -0.39 is 5.97 Å². The van der Waals surface area contributed by atoms with Crippen LogP contribution in [0.2, 0.25) is 0 Å². The van der Waals surface area contributed by atoms with Crippen molar-refractivity contribution in [1.29, 1.82) is 0 Å². The monoisotopic (exact) mass is 286 g/mol. The zero-order valence-electron chi connectivity index (χ0n) is 11.7. The molecular weight excluding hydrogens is 264 g/mol. The Morgan fingerprint density at radius 3 is 2.65 bits per heavy atom. The molecule has 7 nitrogen and oxygen atoms in total. The van der Waals surface area contributed by atoms with Gasteiger partial charge in [0.2, 0.25) is 0 Å². The topological polar surface area (TPSA) is 90.3 Å². The van der Waals surface area contributed by atoms with Gasteiger partial charge in [0.1, 0.15) is 6.54 Å². The maximum Gasteiger partial charge on any atom is 0.323 e. The van der Waals surface area contributed by atoms with Crippen molar-refractivity contribution in [2.75, 3.05) is 32.8 Å². The molecule has 2 fully saturated rings. The quantitative estimate of drug-likeness (QED) is 0.741. The van der Waals surface area contributed by atoms with Crippen molar-refractivity contribution in [3.05, 3.63) is 0 Å².